The normalized spacial score (nSPS) is 11.1. The number of rotatable bonds is 5. The lowest BCUT2D eigenvalue weighted by molar-refractivity contribution is 0.0914. The fraction of sp³-hybridized carbons (Fsp3) is 0.304. The molecule has 0 spiro atoms. The van der Waals surface area contributed by atoms with E-state index in [1.54, 1.807) is 42.5 Å². The average Bonchev–Trinajstić information content (AvgIpc) is 3.39. The molecule has 4 rings (SSSR count). The number of nitrogens with one attached hydrogen (secondary N) is 3. The lowest BCUT2D eigenvalue weighted by Gasteiger charge is -2.19. The van der Waals surface area contributed by atoms with Crippen LogP contribution in [0.25, 0.3) is 28.1 Å². The van der Waals surface area contributed by atoms with Crippen LogP contribution < -0.4 is 10.6 Å². The van der Waals surface area contributed by atoms with Crippen LogP contribution in [-0.2, 0) is 4.74 Å². The Balaban J connectivity index is 0.00000324. The Bertz CT molecular complexity index is 1310. The summed E-state index contributed by atoms with van der Waals surface area (Å²) in [7, 11) is 0. The van der Waals surface area contributed by atoms with Gasteiger partial charge in [0.05, 0.1) is 12.1 Å². The largest absolute Gasteiger partial charge is 0.450 e. The Morgan fingerprint density at radius 3 is 2.56 bits per heavy atom. The summed E-state index contributed by atoms with van der Waals surface area (Å²) < 4.78 is 6.65. The number of imidazole rings is 2. The van der Waals surface area contributed by atoms with E-state index in [0.717, 1.165) is 0 Å². The molecule has 0 aliphatic rings. The lowest BCUT2D eigenvalue weighted by atomic mass is 10.1. The van der Waals surface area contributed by atoms with Crippen LogP contribution in [0.15, 0.2) is 43.1 Å². The maximum absolute atomic E-state index is 12.5. The van der Waals surface area contributed by atoms with E-state index >= 15 is 0 Å². The van der Waals surface area contributed by atoms with Gasteiger partial charge >= 0.3 is 6.09 Å². The Morgan fingerprint density at radius 2 is 1.88 bits per heavy atom. The molecule has 0 aliphatic heterocycles. The van der Waals surface area contributed by atoms with Gasteiger partial charge in [0, 0.05) is 35.4 Å². The van der Waals surface area contributed by atoms with Crippen LogP contribution in [0.1, 0.15) is 45.6 Å². The second kappa shape index (κ2) is 9.69. The highest BCUT2D eigenvalue weighted by molar-refractivity contribution is 5.95. The Kier molecular flexibility index (Phi) is 6.94. The highest BCUT2D eigenvalue weighted by Crippen LogP contribution is 2.29. The molecule has 0 fully saturated rings. The Labute approximate surface area is 197 Å². The van der Waals surface area contributed by atoms with Crippen LogP contribution in [0.2, 0.25) is 0 Å². The summed E-state index contributed by atoms with van der Waals surface area (Å²) >= 11 is 0. The smallest absolute Gasteiger partial charge is 0.413 e. The fourth-order valence-electron chi connectivity index (χ4n) is 3.17. The van der Waals surface area contributed by atoms with Gasteiger partial charge in [0.15, 0.2) is 5.82 Å². The van der Waals surface area contributed by atoms with E-state index in [1.807, 2.05) is 32.9 Å². The Hall–Kier alpha value is -4.28. The molecule has 3 N–H and O–H groups in total. The van der Waals surface area contributed by atoms with Crippen molar-refractivity contribution in [3.8, 4) is 17.1 Å². The lowest BCUT2D eigenvalue weighted by Crippen LogP contribution is -2.40. The molecule has 4 aromatic rings. The SMILES string of the molecule is C.CCOC(=O)Nc1nc2c(-c3ncccn3)cc(-n3cnc(C(=O)NC(C)(C)C)c3)cc2[nH]1. The van der Waals surface area contributed by atoms with E-state index < -0.39 is 6.09 Å². The second-order valence-electron chi connectivity index (χ2n) is 8.26. The highest BCUT2D eigenvalue weighted by Gasteiger charge is 2.19. The van der Waals surface area contributed by atoms with E-state index in [2.05, 4.69) is 35.6 Å². The second-order valence-corrected chi connectivity index (χ2v) is 8.26. The van der Waals surface area contributed by atoms with Gasteiger partial charge in [0.2, 0.25) is 5.95 Å². The number of H-pyrrole nitrogens is 1. The minimum atomic E-state index is -0.613. The zero-order valence-corrected chi connectivity index (χ0v) is 18.7. The van der Waals surface area contributed by atoms with Gasteiger partial charge in [-0.1, -0.05) is 7.43 Å². The summed E-state index contributed by atoms with van der Waals surface area (Å²) in [5, 5.41) is 5.47. The molecule has 3 aromatic heterocycles. The number of hydrogen-bond donors (Lipinski definition) is 3. The van der Waals surface area contributed by atoms with Gasteiger partial charge in [0.1, 0.15) is 17.5 Å². The molecule has 0 bridgehead atoms. The predicted octanol–water partition coefficient (Wildman–Crippen LogP) is 3.94. The first kappa shape index (κ1) is 24.4. The maximum atomic E-state index is 12.5. The highest BCUT2D eigenvalue weighted by atomic mass is 16.5. The molecule has 0 aliphatic carbocycles. The van der Waals surface area contributed by atoms with Crippen molar-refractivity contribution in [3.05, 3.63) is 48.8 Å². The van der Waals surface area contributed by atoms with E-state index in [0.29, 0.717) is 28.1 Å². The van der Waals surface area contributed by atoms with Crippen LogP contribution in [0.5, 0.6) is 0 Å². The third kappa shape index (κ3) is 5.37. The first-order valence-electron chi connectivity index (χ1n) is 10.4. The van der Waals surface area contributed by atoms with Crippen LogP contribution in [0.3, 0.4) is 0 Å². The van der Waals surface area contributed by atoms with E-state index in [1.165, 1.54) is 0 Å². The van der Waals surface area contributed by atoms with Crippen molar-refractivity contribution >= 4 is 29.0 Å². The average molecular weight is 465 g/mol. The summed E-state index contributed by atoms with van der Waals surface area (Å²) in [5.41, 5.74) is 2.47. The number of aromatic nitrogens is 6. The molecule has 1 aromatic carbocycles. The van der Waals surface area contributed by atoms with Gasteiger partial charge < -0.3 is 19.6 Å². The zero-order chi connectivity index (χ0) is 23.6. The van der Waals surface area contributed by atoms with Gasteiger partial charge in [-0.25, -0.2) is 24.7 Å². The molecule has 11 nitrogen and oxygen atoms in total. The number of amides is 2. The van der Waals surface area contributed by atoms with E-state index in [9.17, 15) is 9.59 Å². The molecular formula is C23H28N8O3. The van der Waals surface area contributed by atoms with Gasteiger partial charge in [0.25, 0.3) is 5.91 Å². The summed E-state index contributed by atoms with van der Waals surface area (Å²) in [6.07, 6.45) is 5.86. The first-order chi connectivity index (χ1) is 15.7. The molecule has 0 unspecified atom stereocenters. The molecule has 0 saturated carbocycles. The summed E-state index contributed by atoms with van der Waals surface area (Å²) in [4.78, 5) is 44.8. The molecule has 0 atom stereocenters. The molecule has 34 heavy (non-hydrogen) atoms. The monoisotopic (exact) mass is 464 g/mol. The number of benzene rings is 1. The molecular weight excluding hydrogens is 436 g/mol. The summed E-state index contributed by atoms with van der Waals surface area (Å²) in [6, 6.07) is 5.40. The van der Waals surface area contributed by atoms with Crippen molar-refractivity contribution in [2.45, 2.75) is 40.7 Å². The van der Waals surface area contributed by atoms with E-state index in [4.69, 9.17) is 4.74 Å². The van der Waals surface area contributed by atoms with Crippen molar-refractivity contribution in [1.29, 1.82) is 0 Å². The van der Waals surface area contributed by atoms with Gasteiger partial charge in [-0.05, 0) is 45.9 Å². The number of ether oxygens (including phenoxy) is 1. The predicted molar refractivity (Wildman–Crippen MR) is 129 cm³/mol. The van der Waals surface area contributed by atoms with Crippen molar-refractivity contribution in [1.82, 2.24) is 34.8 Å². The van der Waals surface area contributed by atoms with Gasteiger partial charge in [-0.2, -0.15) is 0 Å². The standard InChI is InChI=1S/C22H24N8O3.CH4/c1-5-33-21(32)28-20-26-15-10-13(9-14(17(15)27-20)18-23-7-6-8-24-18)30-11-16(25-12-30)19(31)29-22(2,3)4;/h6-12H,5H2,1-4H3,(H,29,31)(H2,26,27,28,32);1H4. The van der Waals surface area contributed by atoms with Crippen molar-refractivity contribution in [2.75, 3.05) is 11.9 Å². The molecule has 3 heterocycles. The van der Waals surface area contributed by atoms with Gasteiger partial charge in [-0.3, -0.25) is 10.1 Å². The third-order valence-corrected chi connectivity index (χ3v) is 4.48. The van der Waals surface area contributed by atoms with Crippen LogP contribution >= 0.6 is 0 Å². The van der Waals surface area contributed by atoms with Crippen molar-refractivity contribution < 1.29 is 14.3 Å². The van der Waals surface area contributed by atoms with Crippen molar-refractivity contribution in [2.24, 2.45) is 0 Å². The summed E-state index contributed by atoms with van der Waals surface area (Å²) in [6.45, 7) is 7.67. The molecule has 0 saturated heterocycles. The third-order valence-electron chi connectivity index (χ3n) is 4.48. The molecule has 178 valence electrons. The fourth-order valence-corrected chi connectivity index (χ4v) is 3.17. The minimum Gasteiger partial charge on any atom is -0.450 e. The molecule has 11 heteroatoms. The minimum absolute atomic E-state index is 0. The van der Waals surface area contributed by atoms with Crippen LogP contribution in [-0.4, -0.2) is 53.6 Å². The van der Waals surface area contributed by atoms with E-state index in [-0.39, 0.29) is 37.1 Å². The quantitative estimate of drug-likeness (QED) is 0.406. The number of hydrogen-bond acceptors (Lipinski definition) is 7. The number of carbonyl (C=O) groups is 2. The van der Waals surface area contributed by atoms with Crippen LogP contribution in [0, 0.1) is 0 Å². The number of aromatic amines is 1. The summed E-state index contributed by atoms with van der Waals surface area (Å²) in [5.74, 6) is 0.425. The first-order valence-corrected chi connectivity index (χ1v) is 10.4. The Morgan fingerprint density at radius 1 is 1.15 bits per heavy atom. The van der Waals surface area contributed by atoms with Gasteiger partial charge in [-0.15, -0.1) is 0 Å². The molecule has 2 amide bonds. The number of nitrogens with zero attached hydrogens (tertiary/aromatic N) is 5. The van der Waals surface area contributed by atoms with Crippen LogP contribution in [0.4, 0.5) is 10.7 Å². The molecule has 0 radical (unpaired) electrons. The zero-order valence-electron chi connectivity index (χ0n) is 18.7. The number of anilines is 1. The number of fused-ring (bicyclic) bond motifs is 1. The van der Waals surface area contributed by atoms with Crippen molar-refractivity contribution in [3.63, 3.8) is 0 Å². The number of carbonyl (C=O) groups excluding carboxylic acids is 2. The topological polar surface area (TPSA) is 140 Å². The maximum Gasteiger partial charge on any atom is 0.413 e.